The van der Waals surface area contributed by atoms with Crippen molar-refractivity contribution in [1.82, 2.24) is 0 Å². The highest BCUT2D eigenvalue weighted by Gasteiger charge is 2.18. The number of benzene rings is 2. The van der Waals surface area contributed by atoms with Crippen LogP contribution in [0.15, 0.2) is 24.3 Å². The Kier molecular flexibility index (Phi) is 4.81. The fraction of sp³-hybridized carbons (Fsp3) is 0.250. The molecule has 2 aromatic rings. The van der Waals surface area contributed by atoms with Gasteiger partial charge >= 0.3 is 0 Å². The molecule has 2 aliphatic heterocycles. The Balaban J connectivity index is 1.35. The lowest BCUT2D eigenvalue weighted by Gasteiger charge is -2.07. The summed E-state index contributed by atoms with van der Waals surface area (Å²) in [5.74, 6) is 4.43. The molecule has 0 saturated heterocycles. The highest BCUT2D eigenvalue weighted by atomic mass is 35.5. The molecular formula is C16H12Cl2O4S2. The molecule has 2 aliphatic rings. The maximum atomic E-state index is 6.28. The molecule has 0 unspecified atom stereocenters. The number of halogens is 2. The van der Waals surface area contributed by atoms with Crippen LogP contribution in [0.25, 0.3) is 0 Å². The standard InChI is InChI=1S/C16H12Cl2O4S2/c17-11-3-15-13(19-7-21-15)1-9(11)5-23-24-6-10-2-14-16(4-12(10)18)22-8-20-14/h1-4H,5-8H2. The molecule has 0 aromatic heterocycles. The van der Waals surface area contributed by atoms with Crippen LogP contribution < -0.4 is 18.9 Å². The highest BCUT2D eigenvalue weighted by molar-refractivity contribution is 8.76. The maximum Gasteiger partial charge on any atom is 0.231 e. The van der Waals surface area contributed by atoms with Gasteiger partial charge in [-0.3, -0.25) is 0 Å². The third kappa shape index (κ3) is 3.33. The van der Waals surface area contributed by atoms with E-state index >= 15 is 0 Å². The second-order valence-corrected chi connectivity index (χ2v) is 8.40. The average Bonchev–Trinajstić information content (AvgIpc) is 3.19. The molecule has 0 radical (unpaired) electrons. The van der Waals surface area contributed by atoms with Crippen molar-refractivity contribution in [3.05, 3.63) is 45.4 Å². The Morgan fingerprint density at radius 2 is 1.04 bits per heavy atom. The smallest absolute Gasteiger partial charge is 0.231 e. The van der Waals surface area contributed by atoms with Crippen LogP contribution >= 0.6 is 44.8 Å². The van der Waals surface area contributed by atoms with Gasteiger partial charge in [0, 0.05) is 33.7 Å². The number of fused-ring (bicyclic) bond motifs is 2. The van der Waals surface area contributed by atoms with Crippen molar-refractivity contribution in [2.24, 2.45) is 0 Å². The molecule has 2 aromatic carbocycles. The molecule has 0 saturated carbocycles. The lowest BCUT2D eigenvalue weighted by molar-refractivity contribution is 0.173. The van der Waals surface area contributed by atoms with Gasteiger partial charge in [0.2, 0.25) is 13.6 Å². The molecule has 126 valence electrons. The minimum Gasteiger partial charge on any atom is -0.454 e. The van der Waals surface area contributed by atoms with Crippen LogP contribution in [-0.4, -0.2) is 13.6 Å². The van der Waals surface area contributed by atoms with E-state index in [0.717, 1.165) is 34.1 Å². The minimum atomic E-state index is 0.250. The van der Waals surface area contributed by atoms with Crippen molar-refractivity contribution in [3.63, 3.8) is 0 Å². The van der Waals surface area contributed by atoms with E-state index in [1.807, 2.05) is 12.1 Å². The maximum absolute atomic E-state index is 6.28. The first-order chi connectivity index (χ1) is 11.7. The summed E-state index contributed by atoms with van der Waals surface area (Å²) in [6.07, 6.45) is 0. The summed E-state index contributed by atoms with van der Waals surface area (Å²) in [5, 5.41) is 1.38. The molecular weight excluding hydrogens is 391 g/mol. The topological polar surface area (TPSA) is 36.9 Å². The summed E-state index contributed by atoms with van der Waals surface area (Å²) < 4.78 is 21.4. The van der Waals surface area contributed by atoms with Crippen LogP contribution in [0.2, 0.25) is 10.0 Å². The Bertz CT molecular complexity index is 720. The van der Waals surface area contributed by atoms with E-state index < -0.39 is 0 Å². The number of ether oxygens (including phenoxy) is 4. The second-order valence-electron chi connectivity index (χ2n) is 5.12. The third-order valence-electron chi connectivity index (χ3n) is 3.60. The quantitative estimate of drug-likeness (QED) is 0.483. The van der Waals surface area contributed by atoms with Gasteiger partial charge in [-0.15, -0.1) is 0 Å². The molecule has 0 N–H and O–H groups in total. The molecule has 0 spiro atoms. The Labute approximate surface area is 157 Å². The van der Waals surface area contributed by atoms with Crippen LogP contribution in [0.3, 0.4) is 0 Å². The van der Waals surface area contributed by atoms with E-state index in [0.29, 0.717) is 21.5 Å². The van der Waals surface area contributed by atoms with E-state index in [9.17, 15) is 0 Å². The molecule has 8 heteroatoms. The fourth-order valence-corrected chi connectivity index (χ4v) is 5.11. The lowest BCUT2D eigenvalue weighted by atomic mass is 10.2. The molecule has 4 rings (SSSR count). The van der Waals surface area contributed by atoms with Gasteiger partial charge in [0.1, 0.15) is 0 Å². The van der Waals surface area contributed by atoms with Gasteiger partial charge in [0.25, 0.3) is 0 Å². The van der Waals surface area contributed by atoms with Gasteiger partial charge in [-0.1, -0.05) is 44.8 Å². The van der Waals surface area contributed by atoms with Crippen molar-refractivity contribution >= 4 is 44.8 Å². The molecule has 0 aliphatic carbocycles. The van der Waals surface area contributed by atoms with E-state index in [1.165, 1.54) is 0 Å². The van der Waals surface area contributed by atoms with Crippen molar-refractivity contribution in [1.29, 1.82) is 0 Å². The van der Waals surface area contributed by atoms with Crippen molar-refractivity contribution < 1.29 is 18.9 Å². The number of hydrogen-bond acceptors (Lipinski definition) is 6. The van der Waals surface area contributed by atoms with Gasteiger partial charge in [-0.2, -0.15) is 0 Å². The molecule has 2 heterocycles. The van der Waals surface area contributed by atoms with E-state index in [1.54, 1.807) is 33.7 Å². The number of hydrogen-bond donors (Lipinski definition) is 0. The normalized spacial score (nSPS) is 14.2. The molecule has 0 bridgehead atoms. The van der Waals surface area contributed by atoms with Crippen LogP contribution in [0.4, 0.5) is 0 Å². The molecule has 4 nitrogen and oxygen atoms in total. The highest BCUT2D eigenvalue weighted by Crippen LogP contribution is 2.42. The summed E-state index contributed by atoms with van der Waals surface area (Å²) >= 11 is 12.6. The largest absolute Gasteiger partial charge is 0.454 e. The van der Waals surface area contributed by atoms with Gasteiger partial charge < -0.3 is 18.9 Å². The van der Waals surface area contributed by atoms with Gasteiger partial charge in [0.05, 0.1) is 0 Å². The van der Waals surface area contributed by atoms with Crippen molar-refractivity contribution in [2.75, 3.05) is 13.6 Å². The lowest BCUT2D eigenvalue weighted by Crippen LogP contribution is -1.92. The SMILES string of the molecule is Clc1cc2c(cc1CSSCc1cc3c(cc1Cl)OCO3)OCO2. The fourth-order valence-electron chi connectivity index (χ4n) is 2.35. The van der Waals surface area contributed by atoms with Crippen molar-refractivity contribution in [2.45, 2.75) is 11.5 Å². The summed E-state index contributed by atoms with van der Waals surface area (Å²) in [6, 6.07) is 7.48. The van der Waals surface area contributed by atoms with Crippen LogP contribution in [0.1, 0.15) is 11.1 Å². The summed E-state index contributed by atoms with van der Waals surface area (Å²) in [7, 11) is 3.42. The first-order valence-corrected chi connectivity index (χ1v) is 10.4. The Hall–Kier alpha value is -1.08. The zero-order valence-electron chi connectivity index (χ0n) is 12.3. The molecule has 0 amide bonds. The van der Waals surface area contributed by atoms with Crippen LogP contribution in [0, 0.1) is 0 Å². The zero-order chi connectivity index (χ0) is 16.5. The molecule has 0 atom stereocenters. The van der Waals surface area contributed by atoms with E-state index in [-0.39, 0.29) is 13.6 Å². The first kappa shape index (κ1) is 16.4. The predicted octanol–water partition coefficient (Wildman–Crippen LogP) is 5.53. The molecule has 0 fully saturated rings. The Morgan fingerprint density at radius 3 is 1.46 bits per heavy atom. The summed E-state index contributed by atoms with van der Waals surface area (Å²) in [4.78, 5) is 0. The zero-order valence-corrected chi connectivity index (χ0v) is 15.5. The Morgan fingerprint density at radius 1 is 0.667 bits per heavy atom. The third-order valence-corrected chi connectivity index (χ3v) is 6.53. The predicted molar refractivity (Wildman–Crippen MR) is 97.7 cm³/mol. The van der Waals surface area contributed by atoms with E-state index in [2.05, 4.69) is 0 Å². The van der Waals surface area contributed by atoms with Gasteiger partial charge in [0.15, 0.2) is 23.0 Å². The van der Waals surface area contributed by atoms with E-state index in [4.69, 9.17) is 42.1 Å². The first-order valence-electron chi connectivity index (χ1n) is 7.11. The van der Waals surface area contributed by atoms with Crippen molar-refractivity contribution in [3.8, 4) is 23.0 Å². The summed E-state index contributed by atoms with van der Waals surface area (Å²) in [6.45, 7) is 0.499. The van der Waals surface area contributed by atoms with Gasteiger partial charge in [-0.05, 0) is 23.3 Å². The summed E-state index contributed by atoms with van der Waals surface area (Å²) in [5.41, 5.74) is 2.05. The monoisotopic (exact) mass is 402 g/mol. The van der Waals surface area contributed by atoms with Gasteiger partial charge in [-0.25, -0.2) is 0 Å². The second kappa shape index (κ2) is 7.04. The van der Waals surface area contributed by atoms with Crippen LogP contribution in [0.5, 0.6) is 23.0 Å². The molecule has 24 heavy (non-hydrogen) atoms. The number of rotatable bonds is 5. The van der Waals surface area contributed by atoms with Crippen LogP contribution in [-0.2, 0) is 11.5 Å². The minimum absolute atomic E-state index is 0.250. The average molecular weight is 403 g/mol.